The summed E-state index contributed by atoms with van der Waals surface area (Å²) in [6, 6.07) is -0.922. The number of nitrogens with zero attached hydrogens (tertiary/aromatic N) is 1. The number of amides is 1. The number of allylic oxidation sites excluding steroid dienone is 15. The molecule has 0 aromatic rings. The first kappa shape index (κ1) is 70.9. The van der Waals surface area contributed by atoms with E-state index in [9.17, 15) is 19.0 Å². The number of phosphoric ester groups is 1. The summed E-state index contributed by atoms with van der Waals surface area (Å²) in [6.07, 6.45) is 70.9. The molecule has 0 bridgehead atoms. The number of unbranched alkanes of at least 4 members (excludes halogenated alkanes) is 23. The number of esters is 1. The molecule has 0 aliphatic carbocycles. The van der Waals surface area contributed by atoms with E-state index in [-0.39, 0.29) is 31.3 Å². The number of carbonyl (C=O) groups is 2. The van der Waals surface area contributed by atoms with Crippen molar-refractivity contribution in [1.29, 1.82) is 0 Å². The summed E-state index contributed by atoms with van der Waals surface area (Å²) in [6.45, 7) is 6.67. The molecule has 0 aromatic carbocycles. The summed E-state index contributed by atoms with van der Waals surface area (Å²) in [5.41, 5.74) is 0. The smallest absolute Gasteiger partial charge is 0.306 e. The predicted octanol–water partition coefficient (Wildman–Crippen LogP) is 17.8. The van der Waals surface area contributed by atoms with Crippen LogP contribution in [0.4, 0.5) is 0 Å². The zero-order chi connectivity index (χ0) is 54.3. The number of carbonyl (C=O) groups excluding carboxylic acids is 2. The fraction of sp³-hybridized carbons (Fsp3) is 0.719. The first-order valence-electron chi connectivity index (χ1n) is 30.0. The van der Waals surface area contributed by atoms with Crippen LogP contribution >= 0.6 is 7.82 Å². The van der Waals surface area contributed by atoms with Crippen molar-refractivity contribution in [3.05, 3.63) is 97.2 Å². The van der Waals surface area contributed by atoms with E-state index >= 15 is 0 Å². The average molecular weight is 1050 g/mol. The minimum absolute atomic E-state index is 0.0374. The summed E-state index contributed by atoms with van der Waals surface area (Å²) in [5.74, 6) is -0.614. The van der Waals surface area contributed by atoms with E-state index in [2.05, 4.69) is 111 Å². The summed E-state index contributed by atoms with van der Waals surface area (Å²) in [7, 11) is 1.14. The Morgan fingerprint density at radius 2 is 0.865 bits per heavy atom. The molecule has 0 spiro atoms. The molecule has 0 heterocycles. The van der Waals surface area contributed by atoms with Crippen molar-refractivity contribution in [2.45, 2.75) is 258 Å². The lowest BCUT2D eigenvalue weighted by atomic mass is 10.0. The molecule has 0 saturated carbocycles. The Morgan fingerprint density at radius 3 is 1.32 bits per heavy atom. The highest BCUT2D eigenvalue weighted by atomic mass is 31.2. The molecular formula is C64H113N2O7P. The number of ether oxygens (including phenoxy) is 1. The lowest BCUT2D eigenvalue weighted by Crippen LogP contribution is -2.47. The lowest BCUT2D eigenvalue weighted by Gasteiger charge is -2.30. The number of rotatable bonds is 53. The van der Waals surface area contributed by atoms with Gasteiger partial charge in [0.1, 0.15) is 19.3 Å². The van der Waals surface area contributed by atoms with Gasteiger partial charge in [0.25, 0.3) is 7.82 Å². The maximum Gasteiger partial charge on any atom is 0.306 e. The van der Waals surface area contributed by atoms with Gasteiger partial charge in [-0.1, -0.05) is 221 Å². The van der Waals surface area contributed by atoms with Gasteiger partial charge in [-0.3, -0.25) is 14.2 Å². The third kappa shape index (κ3) is 53.7. The second kappa shape index (κ2) is 53.3. The fourth-order valence-corrected chi connectivity index (χ4v) is 8.83. The second-order valence-electron chi connectivity index (χ2n) is 21.1. The Hall–Kier alpha value is -3.07. The summed E-state index contributed by atoms with van der Waals surface area (Å²) < 4.78 is 30.2. The highest BCUT2D eigenvalue weighted by Gasteiger charge is 2.27. The monoisotopic (exact) mass is 1050 g/mol. The molecule has 426 valence electrons. The van der Waals surface area contributed by atoms with Gasteiger partial charge in [0.2, 0.25) is 5.91 Å². The SMILES string of the molecule is CC/C=C\C/C=C\C/C=C\C/C=C\C/C=C\C/C=C\CCCCC(=O)NC(COP(=O)([O-])OCC[N+](C)(C)C)C(/C=C\CCCCCCCCCCCCC)OC(=O)CCCCC/C=C\CCCCCCCCC. The zero-order valence-corrected chi connectivity index (χ0v) is 49.4. The van der Waals surface area contributed by atoms with Crippen LogP contribution in [0, 0.1) is 0 Å². The van der Waals surface area contributed by atoms with E-state index in [1.807, 2.05) is 33.3 Å². The molecule has 0 fully saturated rings. The largest absolute Gasteiger partial charge is 0.756 e. The van der Waals surface area contributed by atoms with Crippen LogP contribution in [0.1, 0.15) is 245 Å². The Morgan fingerprint density at radius 1 is 0.486 bits per heavy atom. The predicted molar refractivity (Wildman–Crippen MR) is 316 cm³/mol. The molecule has 0 rings (SSSR count). The van der Waals surface area contributed by atoms with E-state index in [1.54, 1.807) is 0 Å². The van der Waals surface area contributed by atoms with Gasteiger partial charge in [-0.2, -0.15) is 0 Å². The number of likely N-dealkylation sites (N-methyl/N-ethyl adjacent to an activating group) is 1. The maximum atomic E-state index is 13.5. The van der Waals surface area contributed by atoms with Crippen LogP contribution in [0.25, 0.3) is 0 Å². The quantitative estimate of drug-likeness (QED) is 0.0212. The van der Waals surface area contributed by atoms with Crippen molar-refractivity contribution in [1.82, 2.24) is 5.32 Å². The van der Waals surface area contributed by atoms with Crippen LogP contribution in [0.2, 0.25) is 0 Å². The fourth-order valence-electron chi connectivity index (χ4n) is 8.11. The van der Waals surface area contributed by atoms with Gasteiger partial charge in [0.15, 0.2) is 0 Å². The third-order valence-corrected chi connectivity index (χ3v) is 13.7. The van der Waals surface area contributed by atoms with Gasteiger partial charge in [-0.15, -0.1) is 0 Å². The van der Waals surface area contributed by atoms with Gasteiger partial charge in [0, 0.05) is 12.8 Å². The Balaban J connectivity index is 5.42. The minimum atomic E-state index is -4.72. The van der Waals surface area contributed by atoms with Gasteiger partial charge in [-0.25, -0.2) is 0 Å². The van der Waals surface area contributed by atoms with E-state index in [0.29, 0.717) is 23.9 Å². The average Bonchev–Trinajstić information content (AvgIpc) is 3.36. The van der Waals surface area contributed by atoms with Crippen LogP contribution in [0.5, 0.6) is 0 Å². The molecule has 0 aliphatic rings. The summed E-state index contributed by atoms with van der Waals surface area (Å²) in [4.78, 5) is 39.9. The molecule has 3 atom stereocenters. The number of quaternary nitrogens is 1. The topological polar surface area (TPSA) is 114 Å². The Bertz CT molecular complexity index is 1590. The first-order chi connectivity index (χ1) is 35.9. The van der Waals surface area contributed by atoms with Gasteiger partial charge in [0.05, 0.1) is 33.8 Å². The van der Waals surface area contributed by atoms with Crippen LogP contribution in [0.15, 0.2) is 97.2 Å². The third-order valence-electron chi connectivity index (χ3n) is 12.7. The van der Waals surface area contributed by atoms with Gasteiger partial charge < -0.3 is 28.5 Å². The van der Waals surface area contributed by atoms with Gasteiger partial charge in [-0.05, 0) is 109 Å². The Labute approximate surface area is 456 Å². The molecular weight excluding hydrogens is 940 g/mol. The molecule has 9 nitrogen and oxygen atoms in total. The molecule has 74 heavy (non-hydrogen) atoms. The van der Waals surface area contributed by atoms with E-state index in [0.717, 1.165) is 96.3 Å². The van der Waals surface area contributed by atoms with Crippen LogP contribution in [0.3, 0.4) is 0 Å². The normalized spacial score (nSPS) is 14.4. The molecule has 0 aliphatic heterocycles. The van der Waals surface area contributed by atoms with E-state index in [1.165, 1.54) is 103 Å². The molecule has 0 saturated heterocycles. The number of nitrogens with one attached hydrogen (secondary N) is 1. The zero-order valence-electron chi connectivity index (χ0n) is 48.5. The van der Waals surface area contributed by atoms with Gasteiger partial charge >= 0.3 is 5.97 Å². The summed E-state index contributed by atoms with van der Waals surface area (Å²) in [5, 5.41) is 2.99. The maximum absolute atomic E-state index is 13.5. The molecule has 0 aromatic heterocycles. The van der Waals surface area contributed by atoms with Crippen molar-refractivity contribution < 1.29 is 37.3 Å². The molecule has 10 heteroatoms. The highest BCUT2D eigenvalue weighted by molar-refractivity contribution is 7.45. The van der Waals surface area contributed by atoms with Crippen molar-refractivity contribution in [2.75, 3.05) is 40.9 Å². The van der Waals surface area contributed by atoms with Crippen LogP contribution in [-0.2, 0) is 27.9 Å². The van der Waals surface area contributed by atoms with Crippen LogP contribution in [-0.4, -0.2) is 69.4 Å². The molecule has 3 unspecified atom stereocenters. The number of hydrogen-bond acceptors (Lipinski definition) is 7. The lowest BCUT2D eigenvalue weighted by molar-refractivity contribution is -0.870. The molecule has 1 N–H and O–H groups in total. The minimum Gasteiger partial charge on any atom is -0.756 e. The first-order valence-corrected chi connectivity index (χ1v) is 31.5. The number of hydrogen-bond donors (Lipinski definition) is 1. The van der Waals surface area contributed by atoms with Crippen molar-refractivity contribution >= 4 is 19.7 Å². The standard InChI is InChI=1S/C64H113N2O7P/c1-7-10-13-16-19-22-25-28-30-31-32-33-34-35-36-38-41-44-47-50-53-56-63(67)65-61(60-72-74(69,70)71-59-58-66(4,5)6)62(55-52-49-46-43-40-37-27-24-21-18-15-12-9-3)73-64(68)57-54-51-48-45-42-39-29-26-23-20-17-14-11-8-2/h10,13,19,22,28,30,32-33,35-36,39,41-42,44,52,55,61-62H,7-9,11-12,14-18,20-21,23-27,29,31,34,37-38,40,43,45-51,53-54,56-60H2,1-6H3,(H-,65,67,69,70)/b13-10-,22-19-,30-28-,33-32-,36-35-,42-39-,44-41-,55-52-. The number of phosphoric acid groups is 1. The van der Waals surface area contributed by atoms with Crippen molar-refractivity contribution in [3.8, 4) is 0 Å². The second-order valence-corrected chi connectivity index (χ2v) is 22.5. The highest BCUT2D eigenvalue weighted by Crippen LogP contribution is 2.38. The molecule has 1 amide bonds. The van der Waals surface area contributed by atoms with Crippen LogP contribution < -0.4 is 10.2 Å². The van der Waals surface area contributed by atoms with Crippen molar-refractivity contribution in [2.24, 2.45) is 0 Å². The van der Waals surface area contributed by atoms with E-state index in [4.69, 9.17) is 13.8 Å². The molecule has 0 radical (unpaired) electrons. The van der Waals surface area contributed by atoms with E-state index < -0.39 is 26.6 Å². The Kier molecular flexibility index (Phi) is 51.1. The van der Waals surface area contributed by atoms with Crippen molar-refractivity contribution in [3.63, 3.8) is 0 Å². The summed E-state index contributed by atoms with van der Waals surface area (Å²) >= 11 is 0.